The first-order valence-corrected chi connectivity index (χ1v) is 9.19. The lowest BCUT2D eigenvalue weighted by Gasteiger charge is -2.17. The number of ether oxygens (including phenoxy) is 1. The van der Waals surface area contributed by atoms with Gasteiger partial charge in [0.05, 0.1) is 11.3 Å². The number of carbonyl (C=O) groups excluding carboxylic acids is 3. The Bertz CT molecular complexity index is 1040. The Morgan fingerprint density at radius 2 is 1.60 bits per heavy atom. The van der Waals surface area contributed by atoms with Crippen LogP contribution in [0, 0.1) is 5.41 Å². The Hall–Kier alpha value is -3.88. The van der Waals surface area contributed by atoms with E-state index in [-0.39, 0.29) is 18.3 Å². The van der Waals surface area contributed by atoms with Crippen LogP contribution in [0.4, 0.5) is 5.69 Å². The number of benzene rings is 2. The van der Waals surface area contributed by atoms with E-state index in [1.54, 1.807) is 48.5 Å². The molecule has 1 N–H and O–H groups in total. The number of rotatable bonds is 6. The van der Waals surface area contributed by atoms with E-state index < -0.39 is 11.4 Å². The fourth-order valence-electron chi connectivity index (χ4n) is 2.39. The van der Waals surface area contributed by atoms with Gasteiger partial charge in [0.25, 0.3) is 0 Å². The van der Waals surface area contributed by atoms with Gasteiger partial charge in [-0.05, 0) is 59.0 Å². The average molecular weight is 407 g/mol. The van der Waals surface area contributed by atoms with Crippen LogP contribution < -0.4 is 5.32 Å². The molecule has 154 valence electrons. The van der Waals surface area contributed by atoms with Crippen molar-refractivity contribution in [1.82, 2.24) is 20.2 Å². The van der Waals surface area contributed by atoms with Crippen molar-refractivity contribution in [3.8, 4) is 5.69 Å². The normalized spacial score (nSPS) is 11.0. The first-order valence-electron chi connectivity index (χ1n) is 9.19. The molecule has 0 aliphatic heterocycles. The molecule has 0 radical (unpaired) electrons. The van der Waals surface area contributed by atoms with Crippen molar-refractivity contribution < 1.29 is 19.1 Å². The fourth-order valence-corrected chi connectivity index (χ4v) is 2.39. The Labute approximate surface area is 173 Å². The molecule has 2 aromatic carbocycles. The van der Waals surface area contributed by atoms with Crippen molar-refractivity contribution >= 4 is 23.3 Å². The highest BCUT2D eigenvalue weighted by Crippen LogP contribution is 2.18. The molecule has 1 heterocycles. The maximum Gasteiger partial charge on any atom is 0.338 e. The molecule has 1 aromatic heterocycles. The molecule has 0 fully saturated rings. The summed E-state index contributed by atoms with van der Waals surface area (Å²) < 4.78 is 6.56. The fraction of sp³-hybridized carbons (Fsp3) is 0.238. The number of hydrogen-bond donors (Lipinski definition) is 1. The number of ketones is 1. The van der Waals surface area contributed by atoms with Crippen LogP contribution in [0.1, 0.15) is 41.5 Å². The van der Waals surface area contributed by atoms with Gasteiger partial charge in [0.15, 0.2) is 12.4 Å². The van der Waals surface area contributed by atoms with Crippen molar-refractivity contribution in [3.63, 3.8) is 0 Å². The van der Waals surface area contributed by atoms with Crippen LogP contribution in [0.3, 0.4) is 0 Å². The minimum Gasteiger partial charge on any atom is -0.454 e. The Kier molecular flexibility index (Phi) is 6.01. The zero-order valence-corrected chi connectivity index (χ0v) is 16.8. The summed E-state index contributed by atoms with van der Waals surface area (Å²) in [5, 5.41) is 13.6. The van der Waals surface area contributed by atoms with Crippen LogP contribution in [-0.4, -0.2) is 44.5 Å². The number of tetrazole rings is 1. The van der Waals surface area contributed by atoms with Gasteiger partial charge in [0.2, 0.25) is 5.91 Å². The Morgan fingerprint density at radius 3 is 2.17 bits per heavy atom. The molecular formula is C21H21N5O4. The largest absolute Gasteiger partial charge is 0.454 e. The molecule has 9 heteroatoms. The van der Waals surface area contributed by atoms with Crippen LogP contribution in [0.15, 0.2) is 54.9 Å². The van der Waals surface area contributed by atoms with Crippen LogP contribution in [-0.2, 0) is 9.53 Å². The second-order valence-electron chi connectivity index (χ2n) is 7.58. The highest BCUT2D eigenvalue weighted by Gasteiger charge is 2.21. The number of anilines is 1. The predicted octanol–water partition coefficient (Wildman–Crippen LogP) is 2.69. The van der Waals surface area contributed by atoms with E-state index in [9.17, 15) is 14.4 Å². The molecule has 0 spiro atoms. The lowest BCUT2D eigenvalue weighted by Crippen LogP contribution is -2.27. The molecule has 9 nitrogen and oxygen atoms in total. The van der Waals surface area contributed by atoms with Gasteiger partial charge in [0, 0.05) is 16.7 Å². The Morgan fingerprint density at radius 1 is 0.967 bits per heavy atom. The van der Waals surface area contributed by atoms with Gasteiger partial charge >= 0.3 is 5.97 Å². The van der Waals surface area contributed by atoms with Crippen molar-refractivity contribution in [2.24, 2.45) is 5.41 Å². The number of nitrogens with zero attached hydrogens (tertiary/aromatic N) is 4. The molecule has 30 heavy (non-hydrogen) atoms. The number of aromatic nitrogens is 4. The minimum atomic E-state index is -0.610. The van der Waals surface area contributed by atoms with E-state index in [4.69, 9.17) is 4.74 Å². The summed E-state index contributed by atoms with van der Waals surface area (Å²) in [6.07, 6.45) is 1.44. The molecule has 3 rings (SSSR count). The van der Waals surface area contributed by atoms with Crippen molar-refractivity contribution in [1.29, 1.82) is 0 Å². The van der Waals surface area contributed by atoms with Crippen LogP contribution in [0.5, 0.6) is 0 Å². The maximum atomic E-state index is 12.3. The van der Waals surface area contributed by atoms with E-state index in [1.807, 2.05) is 20.8 Å². The molecule has 3 aromatic rings. The van der Waals surface area contributed by atoms with E-state index in [2.05, 4.69) is 20.8 Å². The van der Waals surface area contributed by atoms with Crippen molar-refractivity contribution in [3.05, 3.63) is 66.0 Å². The van der Waals surface area contributed by atoms with Gasteiger partial charge in [-0.3, -0.25) is 9.59 Å². The lowest BCUT2D eigenvalue weighted by molar-refractivity contribution is -0.123. The van der Waals surface area contributed by atoms with Crippen LogP contribution >= 0.6 is 0 Å². The molecule has 0 aliphatic rings. The summed E-state index contributed by atoms with van der Waals surface area (Å²) in [5.74, 6) is -1.08. The second kappa shape index (κ2) is 8.64. The molecule has 0 atom stereocenters. The molecular weight excluding hydrogens is 386 g/mol. The quantitative estimate of drug-likeness (QED) is 0.493. The molecule has 1 amide bonds. The summed E-state index contributed by atoms with van der Waals surface area (Å²) >= 11 is 0. The van der Waals surface area contributed by atoms with Gasteiger partial charge < -0.3 is 10.1 Å². The highest BCUT2D eigenvalue weighted by molar-refractivity contribution is 6.00. The first kappa shape index (κ1) is 20.8. The first-order chi connectivity index (χ1) is 14.2. The number of hydrogen-bond acceptors (Lipinski definition) is 7. The van der Waals surface area contributed by atoms with E-state index >= 15 is 0 Å². The minimum absolute atomic E-state index is 0.124. The van der Waals surface area contributed by atoms with Crippen molar-refractivity contribution in [2.75, 3.05) is 11.9 Å². The number of carbonyl (C=O) groups is 3. The zero-order chi connectivity index (χ0) is 21.7. The third-order valence-electron chi connectivity index (χ3n) is 4.20. The number of esters is 1. The van der Waals surface area contributed by atoms with E-state index in [0.29, 0.717) is 22.5 Å². The molecule has 0 bridgehead atoms. The molecule has 0 saturated heterocycles. The zero-order valence-electron chi connectivity index (χ0n) is 16.8. The molecule has 0 saturated carbocycles. The van der Waals surface area contributed by atoms with E-state index in [0.717, 1.165) is 0 Å². The van der Waals surface area contributed by atoms with Gasteiger partial charge in [-0.25, -0.2) is 9.48 Å². The summed E-state index contributed by atoms with van der Waals surface area (Å²) in [6.45, 7) is 5.05. The average Bonchev–Trinajstić information content (AvgIpc) is 3.26. The summed E-state index contributed by atoms with van der Waals surface area (Å²) in [6, 6.07) is 12.9. The van der Waals surface area contributed by atoms with Crippen LogP contribution in [0.2, 0.25) is 0 Å². The van der Waals surface area contributed by atoms with Gasteiger partial charge in [-0.2, -0.15) is 0 Å². The second-order valence-corrected chi connectivity index (χ2v) is 7.58. The van der Waals surface area contributed by atoms with E-state index in [1.165, 1.54) is 11.0 Å². The SMILES string of the molecule is CC(C)(C)C(=O)Nc1ccc(C(=O)COC(=O)c2ccc(-n3cnnn3)cc2)cc1. The third kappa shape index (κ3) is 5.13. The highest BCUT2D eigenvalue weighted by atomic mass is 16.5. The number of amides is 1. The molecule has 0 aliphatic carbocycles. The summed E-state index contributed by atoms with van der Waals surface area (Å²) in [4.78, 5) is 36.5. The van der Waals surface area contributed by atoms with Gasteiger partial charge in [0.1, 0.15) is 6.33 Å². The third-order valence-corrected chi connectivity index (χ3v) is 4.20. The van der Waals surface area contributed by atoms with Crippen LogP contribution in [0.25, 0.3) is 5.69 Å². The van der Waals surface area contributed by atoms with Gasteiger partial charge in [-0.1, -0.05) is 20.8 Å². The monoisotopic (exact) mass is 407 g/mol. The number of nitrogens with one attached hydrogen (secondary N) is 1. The standard InChI is InChI=1S/C21H21N5O4/c1-21(2,3)20(29)23-16-8-4-14(5-9-16)18(27)12-30-19(28)15-6-10-17(11-7-15)26-13-22-24-25-26/h4-11,13H,12H2,1-3H3,(H,23,29). The van der Waals surface area contributed by atoms with Crippen molar-refractivity contribution in [2.45, 2.75) is 20.8 Å². The summed E-state index contributed by atoms with van der Waals surface area (Å²) in [5.41, 5.74) is 1.44. The topological polar surface area (TPSA) is 116 Å². The Balaban J connectivity index is 1.54. The molecule has 0 unspecified atom stereocenters. The lowest BCUT2D eigenvalue weighted by atomic mass is 9.95. The predicted molar refractivity (Wildman–Crippen MR) is 108 cm³/mol. The number of Topliss-reactive ketones (excluding diaryl/α,β-unsaturated/α-hetero) is 1. The van der Waals surface area contributed by atoms with Gasteiger partial charge in [-0.15, -0.1) is 5.10 Å². The maximum absolute atomic E-state index is 12.3. The smallest absolute Gasteiger partial charge is 0.338 e. The summed E-state index contributed by atoms with van der Waals surface area (Å²) in [7, 11) is 0.